The molecule has 0 spiro atoms. The lowest BCUT2D eigenvalue weighted by atomic mass is 10.2. The number of quaternary nitrogens is 1. The van der Waals surface area contributed by atoms with E-state index >= 15 is 0 Å². The Labute approximate surface area is 95.7 Å². The molecule has 82 valence electrons. The van der Waals surface area contributed by atoms with Crippen molar-refractivity contribution in [1.29, 1.82) is 0 Å². The number of ether oxygens (including phenoxy) is 1. The highest BCUT2D eigenvalue weighted by Crippen LogP contribution is 2.24. The van der Waals surface area contributed by atoms with Crippen LogP contribution >= 0.6 is 0 Å². The Bertz CT molecular complexity index is 462. The zero-order chi connectivity index (χ0) is 11.4. The predicted molar refractivity (Wildman–Crippen MR) is 64.3 cm³/mol. The van der Waals surface area contributed by atoms with Gasteiger partial charge in [-0.1, -0.05) is 18.2 Å². The van der Waals surface area contributed by atoms with Crippen LogP contribution in [0.1, 0.15) is 11.1 Å². The second-order valence-electron chi connectivity index (χ2n) is 3.76. The fourth-order valence-corrected chi connectivity index (χ4v) is 1.52. The second-order valence-corrected chi connectivity index (χ2v) is 3.76. The van der Waals surface area contributed by atoms with E-state index in [1.54, 1.807) is 0 Å². The molecule has 3 N–H and O–H groups in total. The highest BCUT2D eigenvalue weighted by molar-refractivity contribution is 5.37. The first-order chi connectivity index (χ1) is 7.79. The van der Waals surface area contributed by atoms with Crippen LogP contribution in [0.4, 0.5) is 0 Å². The van der Waals surface area contributed by atoms with Crippen LogP contribution in [0, 0.1) is 6.92 Å². The van der Waals surface area contributed by atoms with Crippen molar-refractivity contribution in [3.63, 3.8) is 0 Å². The summed E-state index contributed by atoms with van der Waals surface area (Å²) in [6.45, 7) is 2.85. The van der Waals surface area contributed by atoms with Gasteiger partial charge in [-0.15, -0.1) is 0 Å². The number of benzene rings is 2. The standard InChI is InChI=1S/C14H15NO/c1-11-4-2-3-5-14(11)16-13-8-6-12(10-15)7-9-13/h2-9H,10,15H2,1H3/p+1. The first kappa shape index (κ1) is 10.7. The quantitative estimate of drug-likeness (QED) is 0.837. The Balaban J connectivity index is 2.18. The minimum atomic E-state index is 0.810. The SMILES string of the molecule is Cc1ccccc1Oc1ccc(C[NH3+])cc1. The molecule has 0 atom stereocenters. The van der Waals surface area contributed by atoms with E-state index in [2.05, 4.69) is 5.73 Å². The number of aryl methyl sites for hydroxylation is 1. The smallest absolute Gasteiger partial charge is 0.130 e. The zero-order valence-electron chi connectivity index (χ0n) is 9.44. The average Bonchev–Trinajstić information content (AvgIpc) is 2.33. The van der Waals surface area contributed by atoms with Crippen molar-refractivity contribution in [3.8, 4) is 11.5 Å². The molecule has 16 heavy (non-hydrogen) atoms. The van der Waals surface area contributed by atoms with Gasteiger partial charge < -0.3 is 10.5 Å². The molecule has 2 aromatic rings. The third kappa shape index (κ3) is 2.41. The van der Waals surface area contributed by atoms with Crippen LogP contribution < -0.4 is 10.5 Å². The van der Waals surface area contributed by atoms with Gasteiger partial charge in [0.1, 0.15) is 11.5 Å². The lowest BCUT2D eigenvalue weighted by molar-refractivity contribution is -0.386. The zero-order valence-corrected chi connectivity index (χ0v) is 9.44. The fourth-order valence-electron chi connectivity index (χ4n) is 1.52. The third-order valence-corrected chi connectivity index (χ3v) is 2.53. The van der Waals surface area contributed by atoms with Gasteiger partial charge in [-0.2, -0.15) is 0 Å². The summed E-state index contributed by atoms with van der Waals surface area (Å²) < 4.78 is 5.79. The summed E-state index contributed by atoms with van der Waals surface area (Å²) in [5.74, 6) is 1.77. The van der Waals surface area contributed by atoms with Crippen LogP contribution in [0.15, 0.2) is 48.5 Å². The van der Waals surface area contributed by atoms with Crippen LogP contribution in [-0.2, 0) is 6.54 Å². The highest BCUT2D eigenvalue weighted by atomic mass is 16.5. The largest absolute Gasteiger partial charge is 0.457 e. The molecule has 0 fully saturated rings. The van der Waals surface area contributed by atoms with Crippen molar-refractivity contribution in [2.45, 2.75) is 13.5 Å². The van der Waals surface area contributed by atoms with Crippen LogP contribution in [0.3, 0.4) is 0 Å². The molecule has 0 aliphatic rings. The molecule has 2 nitrogen and oxygen atoms in total. The Hall–Kier alpha value is -1.80. The van der Waals surface area contributed by atoms with Crippen LogP contribution in [0.2, 0.25) is 0 Å². The number of hydrogen-bond donors (Lipinski definition) is 1. The Morgan fingerprint density at radius 2 is 1.69 bits per heavy atom. The van der Waals surface area contributed by atoms with Crippen LogP contribution in [0.5, 0.6) is 11.5 Å². The number of hydrogen-bond acceptors (Lipinski definition) is 1. The van der Waals surface area contributed by atoms with Gasteiger partial charge >= 0.3 is 0 Å². The van der Waals surface area contributed by atoms with Crippen LogP contribution in [-0.4, -0.2) is 0 Å². The maximum atomic E-state index is 5.79. The Morgan fingerprint density at radius 3 is 2.31 bits per heavy atom. The van der Waals surface area contributed by atoms with Crippen molar-refractivity contribution in [1.82, 2.24) is 0 Å². The van der Waals surface area contributed by atoms with Gasteiger partial charge in [0.15, 0.2) is 0 Å². The molecule has 2 rings (SSSR count). The van der Waals surface area contributed by atoms with Gasteiger partial charge in [-0.05, 0) is 42.8 Å². The summed E-state index contributed by atoms with van der Waals surface area (Å²) in [4.78, 5) is 0. The van der Waals surface area contributed by atoms with Crippen molar-refractivity contribution >= 4 is 0 Å². The van der Waals surface area contributed by atoms with E-state index in [1.807, 2.05) is 55.5 Å². The van der Waals surface area contributed by atoms with Gasteiger partial charge in [-0.3, -0.25) is 0 Å². The van der Waals surface area contributed by atoms with E-state index in [0.29, 0.717) is 0 Å². The Morgan fingerprint density at radius 1 is 1.00 bits per heavy atom. The minimum Gasteiger partial charge on any atom is -0.457 e. The van der Waals surface area contributed by atoms with Crippen LogP contribution in [0.25, 0.3) is 0 Å². The minimum absolute atomic E-state index is 0.810. The van der Waals surface area contributed by atoms with Crippen molar-refractivity contribution in [3.05, 3.63) is 59.7 Å². The van der Waals surface area contributed by atoms with E-state index in [-0.39, 0.29) is 0 Å². The van der Waals surface area contributed by atoms with Gasteiger partial charge in [0, 0.05) is 5.56 Å². The summed E-state index contributed by atoms with van der Waals surface area (Å²) in [6.07, 6.45) is 0. The van der Waals surface area contributed by atoms with E-state index in [4.69, 9.17) is 4.74 Å². The summed E-state index contributed by atoms with van der Waals surface area (Å²) in [5, 5.41) is 0. The summed E-state index contributed by atoms with van der Waals surface area (Å²) >= 11 is 0. The average molecular weight is 214 g/mol. The molecule has 0 bridgehead atoms. The summed E-state index contributed by atoms with van der Waals surface area (Å²) in [5.41, 5.74) is 6.20. The van der Waals surface area contributed by atoms with Crippen molar-refractivity contribution in [2.75, 3.05) is 0 Å². The molecule has 0 aliphatic heterocycles. The first-order valence-electron chi connectivity index (χ1n) is 5.41. The van der Waals surface area contributed by atoms with Gasteiger partial charge in [0.05, 0.1) is 6.54 Å². The predicted octanol–water partition coefficient (Wildman–Crippen LogP) is 2.53. The number of para-hydroxylation sites is 1. The monoisotopic (exact) mass is 214 g/mol. The maximum Gasteiger partial charge on any atom is 0.130 e. The summed E-state index contributed by atoms with van der Waals surface area (Å²) in [7, 11) is 0. The number of rotatable bonds is 3. The van der Waals surface area contributed by atoms with Gasteiger partial charge in [0.2, 0.25) is 0 Å². The molecular weight excluding hydrogens is 198 g/mol. The molecule has 0 amide bonds. The molecular formula is C14H16NO+. The topological polar surface area (TPSA) is 36.9 Å². The molecule has 2 heteroatoms. The summed E-state index contributed by atoms with van der Waals surface area (Å²) in [6, 6.07) is 16.0. The molecule has 0 saturated carbocycles. The van der Waals surface area contributed by atoms with Gasteiger partial charge in [-0.25, -0.2) is 0 Å². The Kier molecular flexibility index (Phi) is 3.22. The van der Waals surface area contributed by atoms with E-state index in [9.17, 15) is 0 Å². The highest BCUT2D eigenvalue weighted by Gasteiger charge is 2.00. The fraction of sp³-hybridized carbons (Fsp3) is 0.143. The lowest BCUT2D eigenvalue weighted by Gasteiger charge is -2.08. The third-order valence-electron chi connectivity index (χ3n) is 2.53. The van der Waals surface area contributed by atoms with Crippen molar-refractivity contribution in [2.24, 2.45) is 0 Å². The van der Waals surface area contributed by atoms with E-state index in [1.165, 1.54) is 5.56 Å². The molecule has 0 saturated heterocycles. The van der Waals surface area contributed by atoms with Gasteiger partial charge in [0.25, 0.3) is 0 Å². The molecule has 0 heterocycles. The van der Waals surface area contributed by atoms with E-state index < -0.39 is 0 Å². The lowest BCUT2D eigenvalue weighted by Crippen LogP contribution is -2.47. The van der Waals surface area contributed by atoms with Crippen molar-refractivity contribution < 1.29 is 10.5 Å². The van der Waals surface area contributed by atoms with E-state index in [0.717, 1.165) is 23.6 Å². The molecule has 0 unspecified atom stereocenters. The normalized spacial score (nSPS) is 10.1. The molecule has 0 aromatic heterocycles. The molecule has 2 aromatic carbocycles. The molecule has 0 radical (unpaired) electrons. The second kappa shape index (κ2) is 4.81. The molecule has 0 aliphatic carbocycles. The first-order valence-corrected chi connectivity index (χ1v) is 5.41. The maximum absolute atomic E-state index is 5.79.